The van der Waals surface area contributed by atoms with Gasteiger partial charge in [-0.2, -0.15) is 0 Å². The smallest absolute Gasteiger partial charge is 0.307 e. The number of rotatable bonds is 3. The maximum Gasteiger partial charge on any atom is 0.307 e. The summed E-state index contributed by atoms with van der Waals surface area (Å²) in [6, 6.07) is 0. The zero-order chi connectivity index (χ0) is 10.3. The Morgan fingerprint density at radius 1 is 1.21 bits per heavy atom. The van der Waals surface area contributed by atoms with Gasteiger partial charge in [0.1, 0.15) is 0 Å². The molecule has 4 heteroatoms. The Morgan fingerprint density at radius 2 is 1.93 bits per heavy atom. The molecule has 0 aromatic heterocycles. The molecule has 0 spiro atoms. The van der Waals surface area contributed by atoms with Crippen LogP contribution in [0.15, 0.2) is 0 Å². The summed E-state index contributed by atoms with van der Waals surface area (Å²) in [5.74, 6) is -1.33. The van der Waals surface area contributed by atoms with E-state index in [2.05, 4.69) is 0 Å². The monoisotopic (exact) mass is 198 g/mol. The average molecular weight is 198 g/mol. The summed E-state index contributed by atoms with van der Waals surface area (Å²) >= 11 is 0. The van der Waals surface area contributed by atoms with E-state index in [1.54, 1.807) is 0 Å². The predicted molar refractivity (Wildman–Crippen MR) is 47.7 cm³/mol. The van der Waals surface area contributed by atoms with E-state index in [9.17, 15) is 9.59 Å². The highest BCUT2D eigenvalue weighted by atomic mass is 16.4. The first kappa shape index (κ1) is 9.49. The van der Waals surface area contributed by atoms with E-state index in [1.165, 1.54) is 0 Å². The van der Waals surface area contributed by atoms with E-state index in [4.69, 9.17) is 10.2 Å². The molecule has 0 radical (unpaired) electrons. The quantitative estimate of drug-likeness (QED) is 0.714. The zero-order valence-electron chi connectivity index (χ0n) is 7.85. The lowest BCUT2D eigenvalue weighted by atomic mass is 9.86. The van der Waals surface area contributed by atoms with Crippen LogP contribution in [0.25, 0.3) is 0 Å². The Balaban J connectivity index is 2.07. The molecule has 0 heterocycles. The van der Waals surface area contributed by atoms with Crippen molar-refractivity contribution in [2.45, 2.75) is 25.7 Å². The normalized spacial score (nSPS) is 40.0. The Hall–Kier alpha value is -1.06. The van der Waals surface area contributed by atoms with Crippen molar-refractivity contribution in [1.82, 2.24) is 0 Å². The topological polar surface area (TPSA) is 74.6 Å². The first-order chi connectivity index (χ1) is 6.59. The lowest BCUT2D eigenvalue weighted by Gasteiger charge is -2.19. The molecule has 2 aliphatic carbocycles. The van der Waals surface area contributed by atoms with Crippen molar-refractivity contribution in [3.05, 3.63) is 0 Å². The fraction of sp³-hybridized carbons (Fsp3) is 0.800. The fourth-order valence-electron chi connectivity index (χ4n) is 3.32. The van der Waals surface area contributed by atoms with E-state index >= 15 is 0 Å². The van der Waals surface area contributed by atoms with Crippen LogP contribution in [0.5, 0.6) is 0 Å². The predicted octanol–water partition coefficient (Wildman–Crippen LogP) is 1.21. The van der Waals surface area contributed by atoms with Gasteiger partial charge >= 0.3 is 11.9 Å². The molecule has 2 saturated carbocycles. The van der Waals surface area contributed by atoms with Gasteiger partial charge in [-0.3, -0.25) is 9.59 Å². The standard InChI is InChI=1S/C10H14O4/c11-8(12)4-6-3-5-1-2-7(6)9(5)10(13)14/h5-7,9H,1-4H2,(H,11,12)(H,13,14)/t5-,6-,7-,9-/m1/s1. The number of aliphatic carboxylic acids is 2. The van der Waals surface area contributed by atoms with Crippen LogP contribution < -0.4 is 0 Å². The van der Waals surface area contributed by atoms with Crippen molar-refractivity contribution >= 4 is 11.9 Å². The SMILES string of the molecule is O=C(O)C[C@H]1C[C@H]2CC[C@H]1[C@@H]2C(=O)O. The summed E-state index contributed by atoms with van der Waals surface area (Å²) in [5, 5.41) is 17.7. The number of hydrogen-bond acceptors (Lipinski definition) is 2. The van der Waals surface area contributed by atoms with Crippen LogP contribution in [0.2, 0.25) is 0 Å². The van der Waals surface area contributed by atoms with Crippen LogP contribution in [-0.4, -0.2) is 22.2 Å². The highest BCUT2D eigenvalue weighted by molar-refractivity contribution is 5.72. The minimum atomic E-state index is -0.799. The summed E-state index contributed by atoms with van der Waals surface area (Å²) in [6.07, 6.45) is 2.82. The highest BCUT2D eigenvalue weighted by Gasteiger charge is 2.51. The summed E-state index contributed by atoms with van der Waals surface area (Å²) in [6.45, 7) is 0. The molecule has 0 aliphatic heterocycles. The molecule has 0 unspecified atom stereocenters. The minimum absolute atomic E-state index is 0.104. The molecule has 2 N–H and O–H groups in total. The van der Waals surface area contributed by atoms with Gasteiger partial charge < -0.3 is 10.2 Å². The summed E-state index contributed by atoms with van der Waals surface area (Å²) in [5.41, 5.74) is 0. The Labute approximate surface area is 81.9 Å². The molecule has 2 aliphatic rings. The average Bonchev–Trinajstić information content (AvgIpc) is 2.58. The van der Waals surface area contributed by atoms with Crippen LogP contribution in [-0.2, 0) is 9.59 Å². The van der Waals surface area contributed by atoms with Crippen LogP contribution in [0, 0.1) is 23.7 Å². The lowest BCUT2D eigenvalue weighted by Crippen LogP contribution is -2.21. The molecular weight excluding hydrogens is 184 g/mol. The fourth-order valence-corrected chi connectivity index (χ4v) is 3.32. The third-order valence-electron chi connectivity index (χ3n) is 3.77. The molecule has 4 atom stereocenters. The molecule has 0 aromatic rings. The first-order valence-electron chi connectivity index (χ1n) is 5.04. The first-order valence-corrected chi connectivity index (χ1v) is 5.04. The van der Waals surface area contributed by atoms with E-state index in [-0.39, 0.29) is 30.1 Å². The lowest BCUT2D eigenvalue weighted by molar-refractivity contribution is -0.144. The summed E-state index contributed by atoms with van der Waals surface area (Å²) in [4.78, 5) is 21.5. The zero-order valence-corrected chi connectivity index (χ0v) is 7.85. The second-order valence-corrected chi connectivity index (χ2v) is 4.46. The van der Waals surface area contributed by atoms with Gasteiger partial charge in [0, 0.05) is 6.42 Å². The van der Waals surface area contributed by atoms with Crippen LogP contribution in [0.3, 0.4) is 0 Å². The van der Waals surface area contributed by atoms with Crippen molar-refractivity contribution < 1.29 is 19.8 Å². The number of fused-ring (bicyclic) bond motifs is 2. The number of carbonyl (C=O) groups is 2. The molecule has 14 heavy (non-hydrogen) atoms. The van der Waals surface area contributed by atoms with Crippen molar-refractivity contribution in [2.75, 3.05) is 0 Å². The highest BCUT2D eigenvalue weighted by Crippen LogP contribution is 2.53. The van der Waals surface area contributed by atoms with Crippen molar-refractivity contribution in [3.8, 4) is 0 Å². The third kappa shape index (κ3) is 1.38. The van der Waals surface area contributed by atoms with Crippen molar-refractivity contribution in [2.24, 2.45) is 23.7 Å². The minimum Gasteiger partial charge on any atom is -0.481 e. The van der Waals surface area contributed by atoms with Gasteiger partial charge in [0.25, 0.3) is 0 Å². The molecule has 4 nitrogen and oxygen atoms in total. The van der Waals surface area contributed by atoms with Gasteiger partial charge in [-0.25, -0.2) is 0 Å². The van der Waals surface area contributed by atoms with Crippen LogP contribution in [0.1, 0.15) is 25.7 Å². The van der Waals surface area contributed by atoms with Gasteiger partial charge in [-0.1, -0.05) is 0 Å². The maximum absolute atomic E-state index is 10.9. The molecule has 2 bridgehead atoms. The Morgan fingerprint density at radius 3 is 2.43 bits per heavy atom. The number of carboxylic acid groups (broad SMARTS) is 2. The Kier molecular flexibility index (Phi) is 2.21. The van der Waals surface area contributed by atoms with Gasteiger partial charge in [-0.05, 0) is 37.0 Å². The second-order valence-electron chi connectivity index (χ2n) is 4.46. The third-order valence-corrected chi connectivity index (χ3v) is 3.77. The number of carboxylic acids is 2. The summed E-state index contributed by atoms with van der Waals surface area (Å²) < 4.78 is 0. The van der Waals surface area contributed by atoms with Crippen LogP contribution in [0.4, 0.5) is 0 Å². The van der Waals surface area contributed by atoms with Gasteiger partial charge in [0.05, 0.1) is 5.92 Å². The van der Waals surface area contributed by atoms with Crippen molar-refractivity contribution in [1.29, 1.82) is 0 Å². The van der Waals surface area contributed by atoms with E-state index < -0.39 is 11.9 Å². The molecule has 2 fully saturated rings. The molecular formula is C10H14O4. The molecule has 2 rings (SSSR count). The molecule has 0 saturated heterocycles. The molecule has 0 amide bonds. The van der Waals surface area contributed by atoms with E-state index in [0.29, 0.717) is 0 Å². The molecule has 78 valence electrons. The van der Waals surface area contributed by atoms with Crippen LogP contribution >= 0.6 is 0 Å². The van der Waals surface area contributed by atoms with E-state index in [0.717, 1.165) is 19.3 Å². The van der Waals surface area contributed by atoms with Gasteiger partial charge in [-0.15, -0.1) is 0 Å². The Bertz CT molecular complexity index is 273. The summed E-state index contributed by atoms with van der Waals surface area (Å²) in [7, 11) is 0. The second kappa shape index (κ2) is 3.26. The van der Waals surface area contributed by atoms with E-state index in [1.807, 2.05) is 0 Å². The largest absolute Gasteiger partial charge is 0.481 e. The van der Waals surface area contributed by atoms with Gasteiger partial charge in [0.15, 0.2) is 0 Å². The maximum atomic E-state index is 10.9. The van der Waals surface area contributed by atoms with Gasteiger partial charge in [0.2, 0.25) is 0 Å². The van der Waals surface area contributed by atoms with Crippen molar-refractivity contribution in [3.63, 3.8) is 0 Å². The number of hydrogen-bond donors (Lipinski definition) is 2. The molecule has 0 aromatic carbocycles.